The summed E-state index contributed by atoms with van der Waals surface area (Å²) in [5, 5.41) is 10.6. The average Bonchev–Trinajstić information content (AvgIpc) is 2.70. The minimum absolute atomic E-state index is 0.636. The van der Waals surface area contributed by atoms with Crippen molar-refractivity contribution >= 4 is 11.8 Å². The quantitative estimate of drug-likeness (QED) is 0.933. The number of hydrogen-bond donors (Lipinski definition) is 1. The molecule has 6 heteroatoms. The van der Waals surface area contributed by atoms with Crippen molar-refractivity contribution in [2.75, 3.05) is 6.54 Å². The highest BCUT2D eigenvalue weighted by atomic mass is 32.2. The third-order valence-electron chi connectivity index (χ3n) is 3.53. The Hall–Kier alpha value is -1.40. The van der Waals surface area contributed by atoms with Gasteiger partial charge in [0.1, 0.15) is 10.9 Å². The topological polar surface area (TPSA) is 69.6 Å². The van der Waals surface area contributed by atoms with Crippen LogP contribution in [0.4, 0.5) is 0 Å². The Morgan fingerprint density at radius 1 is 1.25 bits per heavy atom. The molecule has 0 saturated heterocycles. The molecule has 3 heterocycles. The molecule has 0 aromatic carbocycles. The van der Waals surface area contributed by atoms with Crippen molar-refractivity contribution < 1.29 is 0 Å². The van der Waals surface area contributed by atoms with Gasteiger partial charge in [0.25, 0.3) is 0 Å². The monoisotopic (exact) mass is 289 g/mol. The van der Waals surface area contributed by atoms with Gasteiger partial charge in [-0.3, -0.25) is 0 Å². The van der Waals surface area contributed by atoms with Gasteiger partial charge in [-0.2, -0.15) is 0 Å². The highest BCUT2D eigenvalue weighted by Gasteiger charge is 2.17. The second kappa shape index (κ2) is 6.37. The maximum absolute atomic E-state index is 5.66. The first-order valence-corrected chi connectivity index (χ1v) is 7.94. The van der Waals surface area contributed by atoms with Gasteiger partial charge in [0.15, 0.2) is 5.16 Å². The number of nitrogens with zero attached hydrogens (tertiary/aromatic N) is 4. The van der Waals surface area contributed by atoms with Crippen molar-refractivity contribution in [1.82, 2.24) is 19.7 Å². The fourth-order valence-corrected chi connectivity index (χ4v) is 3.46. The smallest absolute Gasteiger partial charge is 0.197 e. The van der Waals surface area contributed by atoms with Crippen LogP contribution in [0.15, 0.2) is 28.5 Å². The van der Waals surface area contributed by atoms with Gasteiger partial charge in [-0.1, -0.05) is 12.5 Å². The van der Waals surface area contributed by atoms with E-state index < -0.39 is 0 Å². The summed E-state index contributed by atoms with van der Waals surface area (Å²) < 4.78 is 2.25. The van der Waals surface area contributed by atoms with Crippen molar-refractivity contribution in [3.05, 3.63) is 29.7 Å². The van der Waals surface area contributed by atoms with E-state index in [1.807, 2.05) is 12.3 Å². The standard InChI is InChI=1S/C14H19N5S/c15-8-7-11-5-4-9-16-13(11)20-14-18-17-12-6-2-1-3-10-19(12)14/h4-5,9H,1-3,6-8,10,15H2. The molecule has 1 aliphatic rings. The molecule has 0 unspecified atom stereocenters. The highest BCUT2D eigenvalue weighted by molar-refractivity contribution is 7.99. The molecule has 0 bridgehead atoms. The molecule has 3 rings (SSSR count). The van der Waals surface area contributed by atoms with E-state index in [9.17, 15) is 0 Å². The Kier molecular flexibility index (Phi) is 4.32. The van der Waals surface area contributed by atoms with Crippen LogP contribution in [-0.2, 0) is 19.4 Å². The highest BCUT2D eigenvalue weighted by Crippen LogP contribution is 2.29. The minimum atomic E-state index is 0.636. The van der Waals surface area contributed by atoms with Crippen molar-refractivity contribution in [3.8, 4) is 0 Å². The molecule has 0 atom stereocenters. The molecule has 0 fully saturated rings. The summed E-state index contributed by atoms with van der Waals surface area (Å²) in [4.78, 5) is 4.47. The molecule has 5 nitrogen and oxygen atoms in total. The van der Waals surface area contributed by atoms with Gasteiger partial charge in [-0.25, -0.2) is 4.98 Å². The third-order valence-corrected chi connectivity index (χ3v) is 4.57. The number of aromatic nitrogens is 4. The molecule has 2 aromatic heterocycles. The fourth-order valence-electron chi connectivity index (χ4n) is 2.48. The van der Waals surface area contributed by atoms with E-state index in [0.717, 1.165) is 35.4 Å². The van der Waals surface area contributed by atoms with E-state index in [1.165, 1.54) is 24.8 Å². The Morgan fingerprint density at radius 2 is 2.20 bits per heavy atom. The SMILES string of the molecule is NCCc1cccnc1Sc1nnc2n1CCCCC2. The van der Waals surface area contributed by atoms with Gasteiger partial charge < -0.3 is 10.3 Å². The summed E-state index contributed by atoms with van der Waals surface area (Å²) in [6.07, 6.45) is 7.39. The molecule has 2 N–H and O–H groups in total. The maximum atomic E-state index is 5.66. The number of fused-ring (bicyclic) bond motifs is 1. The van der Waals surface area contributed by atoms with Crippen molar-refractivity contribution in [2.24, 2.45) is 5.73 Å². The first-order chi connectivity index (χ1) is 9.88. The number of pyridine rings is 1. The Bertz CT molecular complexity index is 581. The molecule has 0 aliphatic carbocycles. The predicted octanol–water partition coefficient (Wildman–Crippen LogP) is 2.05. The second-order valence-corrected chi connectivity index (χ2v) is 5.93. The molecule has 2 aromatic rings. The van der Waals surface area contributed by atoms with Crippen LogP contribution in [-0.4, -0.2) is 26.3 Å². The second-order valence-electron chi connectivity index (χ2n) is 4.97. The summed E-state index contributed by atoms with van der Waals surface area (Å²) >= 11 is 1.61. The summed E-state index contributed by atoms with van der Waals surface area (Å²) in [7, 11) is 0. The summed E-state index contributed by atoms with van der Waals surface area (Å²) in [6, 6.07) is 4.04. The summed E-state index contributed by atoms with van der Waals surface area (Å²) in [6.45, 7) is 1.65. The van der Waals surface area contributed by atoms with Crippen LogP contribution in [0.3, 0.4) is 0 Å². The van der Waals surface area contributed by atoms with Crippen LogP contribution >= 0.6 is 11.8 Å². The van der Waals surface area contributed by atoms with Crippen LogP contribution in [0.1, 0.15) is 30.7 Å². The van der Waals surface area contributed by atoms with Crippen LogP contribution in [0.5, 0.6) is 0 Å². The Balaban J connectivity index is 1.86. The molecule has 0 amide bonds. The number of aryl methyl sites for hydroxylation is 1. The van der Waals surface area contributed by atoms with Crippen molar-refractivity contribution in [1.29, 1.82) is 0 Å². The largest absolute Gasteiger partial charge is 0.330 e. The molecule has 0 radical (unpaired) electrons. The minimum Gasteiger partial charge on any atom is -0.330 e. The van der Waals surface area contributed by atoms with E-state index in [4.69, 9.17) is 5.73 Å². The molecular weight excluding hydrogens is 270 g/mol. The lowest BCUT2D eigenvalue weighted by molar-refractivity contribution is 0.590. The zero-order valence-corrected chi connectivity index (χ0v) is 12.3. The van der Waals surface area contributed by atoms with E-state index in [0.29, 0.717) is 6.54 Å². The first-order valence-electron chi connectivity index (χ1n) is 7.12. The number of hydrogen-bond acceptors (Lipinski definition) is 5. The van der Waals surface area contributed by atoms with Crippen molar-refractivity contribution in [3.63, 3.8) is 0 Å². The van der Waals surface area contributed by atoms with Crippen LogP contribution in [0.25, 0.3) is 0 Å². The number of rotatable bonds is 4. The summed E-state index contributed by atoms with van der Waals surface area (Å²) in [5.74, 6) is 1.11. The summed E-state index contributed by atoms with van der Waals surface area (Å²) in [5.41, 5.74) is 6.85. The first kappa shape index (κ1) is 13.6. The Labute approximate surface area is 123 Å². The van der Waals surface area contributed by atoms with Gasteiger partial charge in [-0.15, -0.1) is 10.2 Å². The lowest BCUT2D eigenvalue weighted by atomic mass is 10.2. The van der Waals surface area contributed by atoms with Gasteiger partial charge in [0.05, 0.1) is 0 Å². The molecule has 0 saturated carbocycles. The van der Waals surface area contributed by atoms with Crippen LogP contribution in [0, 0.1) is 0 Å². The zero-order chi connectivity index (χ0) is 13.8. The molecule has 106 valence electrons. The van der Waals surface area contributed by atoms with Gasteiger partial charge in [0, 0.05) is 19.2 Å². The van der Waals surface area contributed by atoms with E-state index in [2.05, 4.69) is 25.8 Å². The third kappa shape index (κ3) is 2.86. The van der Waals surface area contributed by atoms with Crippen molar-refractivity contribution in [2.45, 2.75) is 48.8 Å². The van der Waals surface area contributed by atoms with Crippen LogP contribution in [0.2, 0.25) is 0 Å². The molecule has 1 aliphatic heterocycles. The van der Waals surface area contributed by atoms with Crippen LogP contribution < -0.4 is 5.73 Å². The van der Waals surface area contributed by atoms with E-state index in [-0.39, 0.29) is 0 Å². The van der Waals surface area contributed by atoms with Gasteiger partial charge in [0.2, 0.25) is 0 Å². The number of nitrogens with two attached hydrogens (primary N) is 1. The molecular formula is C14H19N5S. The fraction of sp³-hybridized carbons (Fsp3) is 0.500. The van der Waals surface area contributed by atoms with E-state index >= 15 is 0 Å². The lowest BCUT2D eigenvalue weighted by Gasteiger charge is -2.08. The van der Waals surface area contributed by atoms with E-state index in [1.54, 1.807) is 11.8 Å². The zero-order valence-electron chi connectivity index (χ0n) is 11.5. The molecule has 20 heavy (non-hydrogen) atoms. The normalized spacial score (nSPS) is 14.8. The van der Waals surface area contributed by atoms with Gasteiger partial charge >= 0.3 is 0 Å². The lowest BCUT2D eigenvalue weighted by Crippen LogP contribution is -2.05. The Morgan fingerprint density at radius 3 is 3.10 bits per heavy atom. The predicted molar refractivity (Wildman–Crippen MR) is 78.7 cm³/mol. The molecule has 0 spiro atoms. The average molecular weight is 289 g/mol. The maximum Gasteiger partial charge on any atom is 0.197 e. The van der Waals surface area contributed by atoms with Gasteiger partial charge in [-0.05, 0) is 49.2 Å².